The average Bonchev–Trinajstić information content (AvgIpc) is 2.77. The Labute approximate surface area is 170 Å². The molecule has 0 unspecified atom stereocenters. The Hall–Kier alpha value is -2.74. The molecule has 29 heavy (non-hydrogen) atoms. The quantitative estimate of drug-likeness (QED) is 0.800. The van der Waals surface area contributed by atoms with Crippen LogP contribution in [0.15, 0.2) is 48.5 Å². The molecule has 2 aromatic carbocycles. The molecule has 0 saturated carbocycles. The zero-order valence-electron chi connectivity index (χ0n) is 16.3. The summed E-state index contributed by atoms with van der Waals surface area (Å²) in [6, 6.07) is 15.9. The summed E-state index contributed by atoms with van der Waals surface area (Å²) in [5, 5.41) is 10.0. The second-order valence-electron chi connectivity index (χ2n) is 7.41. The fourth-order valence-corrected chi connectivity index (χ4v) is 3.65. The van der Waals surface area contributed by atoms with Gasteiger partial charge in [0.1, 0.15) is 6.54 Å². The molecule has 2 heterocycles. The number of hydroxylamine groups is 2. The lowest BCUT2D eigenvalue weighted by atomic mass is 10.0. The molecule has 152 valence electrons. The molecule has 0 aliphatic carbocycles. The van der Waals surface area contributed by atoms with E-state index in [-0.39, 0.29) is 19.0 Å². The summed E-state index contributed by atoms with van der Waals surface area (Å²) < 4.78 is 5.39. The Morgan fingerprint density at radius 2 is 1.52 bits per heavy atom. The monoisotopic (exact) mass is 395 g/mol. The number of morpholine rings is 1. The van der Waals surface area contributed by atoms with Crippen LogP contribution in [0.1, 0.15) is 15.9 Å². The highest BCUT2D eigenvalue weighted by atomic mass is 16.5. The first-order valence-corrected chi connectivity index (χ1v) is 9.88. The zero-order valence-corrected chi connectivity index (χ0v) is 16.3. The van der Waals surface area contributed by atoms with Crippen molar-refractivity contribution in [3.63, 3.8) is 0 Å². The predicted molar refractivity (Wildman–Crippen MR) is 107 cm³/mol. The van der Waals surface area contributed by atoms with Crippen molar-refractivity contribution in [2.45, 2.75) is 6.54 Å². The lowest BCUT2D eigenvalue weighted by Gasteiger charge is -2.30. The molecule has 2 aromatic rings. The number of amides is 2. The molecule has 2 amide bonds. The average molecular weight is 395 g/mol. The summed E-state index contributed by atoms with van der Waals surface area (Å²) in [7, 11) is 0. The number of piperazine rings is 1. The van der Waals surface area contributed by atoms with Gasteiger partial charge in [-0.05, 0) is 28.8 Å². The molecule has 2 saturated heterocycles. The van der Waals surface area contributed by atoms with Gasteiger partial charge in [0, 0.05) is 31.7 Å². The second kappa shape index (κ2) is 8.73. The van der Waals surface area contributed by atoms with Crippen molar-refractivity contribution < 1.29 is 19.5 Å². The van der Waals surface area contributed by atoms with Gasteiger partial charge in [0.15, 0.2) is 0 Å². The van der Waals surface area contributed by atoms with Crippen molar-refractivity contribution in [2.24, 2.45) is 0 Å². The molecule has 7 nitrogen and oxygen atoms in total. The molecule has 2 aliphatic rings. The summed E-state index contributed by atoms with van der Waals surface area (Å²) in [4.78, 5) is 28.1. The normalized spacial score (nSPS) is 18.2. The Balaban J connectivity index is 1.39. The van der Waals surface area contributed by atoms with Gasteiger partial charge in [-0.3, -0.25) is 19.7 Å². The number of hydrogen-bond donors (Lipinski definition) is 1. The van der Waals surface area contributed by atoms with Gasteiger partial charge in [-0.1, -0.05) is 36.4 Å². The Bertz CT molecular complexity index is 861. The van der Waals surface area contributed by atoms with E-state index in [4.69, 9.17) is 4.74 Å². The van der Waals surface area contributed by atoms with Crippen molar-refractivity contribution in [1.29, 1.82) is 0 Å². The zero-order chi connectivity index (χ0) is 20.2. The van der Waals surface area contributed by atoms with Crippen LogP contribution in [0.2, 0.25) is 0 Å². The summed E-state index contributed by atoms with van der Waals surface area (Å²) in [5.41, 5.74) is 3.95. The first-order valence-electron chi connectivity index (χ1n) is 9.88. The molecule has 0 radical (unpaired) electrons. The largest absolute Gasteiger partial charge is 0.379 e. The number of ether oxygens (including phenoxy) is 1. The van der Waals surface area contributed by atoms with E-state index in [0.717, 1.165) is 44.0 Å². The third kappa shape index (κ3) is 4.64. The van der Waals surface area contributed by atoms with Gasteiger partial charge in [-0.25, -0.2) is 5.06 Å². The molecule has 0 bridgehead atoms. The molecule has 1 N–H and O–H groups in total. The fourth-order valence-electron chi connectivity index (χ4n) is 3.65. The summed E-state index contributed by atoms with van der Waals surface area (Å²) in [5.74, 6) is -0.655. The summed E-state index contributed by atoms with van der Waals surface area (Å²) >= 11 is 0. The number of nitrogens with zero attached hydrogens (tertiary/aromatic N) is 3. The third-order valence-corrected chi connectivity index (χ3v) is 5.41. The Morgan fingerprint density at radius 1 is 0.897 bits per heavy atom. The maximum Gasteiger partial charge on any atom is 0.265 e. The van der Waals surface area contributed by atoms with Gasteiger partial charge in [0.2, 0.25) is 0 Å². The van der Waals surface area contributed by atoms with Gasteiger partial charge in [-0.15, -0.1) is 0 Å². The smallest absolute Gasteiger partial charge is 0.265 e. The van der Waals surface area contributed by atoms with Crippen LogP contribution in [0.25, 0.3) is 11.1 Å². The molecular formula is C22H25N3O4. The number of benzene rings is 2. The predicted octanol–water partition coefficient (Wildman–Crippen LogP) is 1.86. The van der Waals surface area contributed by atoms with Crippen molar-refractivity contribution in [3.05, 3.63) is 59.7 Å². The minimum absolute atomic E-state index is 0.0955. The maximum atomic E-state index is 12.6. The van der Waals surface area contributed by atoms with E-state index < -0.39 is 5.91 Å². The first-order chi connectivity index (χ1) is 14.1. The van der Waals surface area contributed by atoms with Crippen LogP contribution in [0.3, 0.4) is 0 Å². The van der Waals surface area contributed by atoms with E-state index in [2.05, 4.69) is 29.2 Å². The highest BCUT2D eigenvalue weighted by Crippen LogP contribution is 2.22. The standard InChI is InChI=1S/C22H25N3O4/c26-21-16-24(9-10-25(21)28)22(27)20-7-5-19(6-8-20)18-3-1-17(2-4-18)15-23-11-13-29-14-12-23/h1-8,28H,9-16H2. The van der Waals surface area contributed by atoms with E-state index in [1.54, 1.807) is 12.1 Å². The van der Waals surface area contributed by atoms with Gasteiger partial charge >= 0.3 is 0 Å². The highest BCUT2D eigenvalue weighted by molar-refractivity contribution is 5.97. The SMILES string of the molecule is O=C1CN(C(=O)c2ccc(-c3ccc(CN4CCOCC4)cc3)cc2)CCN1O. The number of carbonyl (C=O) groups excluding carboxylic acids is 2. The van der Waals surface area contributed by atoms with Crippen LogP contribution in [0.4, 0.5) is 0 Å². The minimum Gasteiger partial charge on any atom is -0.379 e. The second-order valence-corrected chi connectivity index (χ2v) is 7.41. The molecule has 2 aliphatic heterocycles. The van der Waals surface area contributed by atoms with Crippen molar-refractivity contribution in [2.75, 3.05) is 45.9 Å². The van der Waals surface area contributed by atoms with Crippen molar-refractivity contribution in [3.8, 4) is 11.1 Å². The topological polar surface area (TPSA) is 73.3 Å². The van der Waals surface area contributed by atoms with Gasteiger partial charge in [0.25, 0.3) is 11.8 Å². The molecule has 0 atom stereocenters. The Kier molecular flexibility index (Phi) is 5.89. The van der Waals surface area contributed by atoms with E-state index >= 15 is 0 Å². The lowest BCUT2D eigenvalue weighted by molar-refractivity contribution is -0.172. The van der Waals surface area contributed by atoms with Crippen LogP contribution in [-0.4, -0.2) is 77.8 Å². The minimum atomic E-state index is -0.460. The van der Waals surface area contributed by atoms with E-state index in [1.807, 2.05) is 12.1 Å². The highest BCUT2D eigenvalue weighted by Gasteiger charge is 2.26. The van der Waals surface area contributed by atoms with E-state index in [0.29, 0.717) is 17.2 Å². The van der Waals surface area contributed by atoms with E-state index in [9.17, 15) is 14.8 Å². The molecule has 2 fully saturated rings. The van der Waals surface area contributed by atoms with Crippen LogP contribution in [0, 0.1) is 0 Å². The van der Waals surface area contributed by atoms with Crippen LogP contribution < -0.4 is 0 Å². The van der Waals surface area contributed by atoms with E-state index in [1.165, 1.54) is 10.5 Å². The lowest BCUT2D eigenvalue weighted by Crippen LogP contribution is -2.50. The van der Waals surface area contributed by atoms with Crippen molar-refractivity contribution in [1.82, 2.24) is 14.9 Å². The number of carbonyl (C=O) groups is 2. The molecular weight excluding hydrogens is 370 g/mol. The summed E-state index contributed by atoms with van der Waals surface area (Å²) in [6.45, 7) is 4.83. The summed E-state index contributed by atoms with van der Waals surface area (Å²) in [6.07, 6.45) is 0. The maximum absolute atomic E-state index is 12.6. The van der Waals surface area contributed by atoms with Crippen LogP contribution in [0.5, 0.6) is 0 Å². The van der Waals surface area contributed by atoms with Crippen molar-refractivity contribution >= 4 is 11.8 Å². The van der Waals surface area contributed by atoms with Crippen LogP contribution >= 0.6 is 0 Å². The van der Waals surface area contributed by atoms with Crippen LogP contribution in [-0.2, 0) is 16.1 Å². The first kappa shape index (κ1) is 19.6. The fraction of sp³-hybridized carbons (Fsp3) is 0.364. The third-order valence-electron chi connectivity index (χ3n) is 5.41. The van der Waals surface area contributed by atoms with Gasteiger partial charge in [0.05, 0.1) is 19.8 Å². The molecule has 4 rings (SSSR count). The molecule has 0 spiro atoms. The van der Waals surface area contributed by atoms with Gasteiger partial charge < -0.3 is 9.64 Å². The molecule has 7 heteroatoms. The number of rotatable bonds is 4. The van der Waals surface area contributed by atoms with Gasteiger partial charge in [-0.2, -0.15) is 0 Å². The molecule has 0 aromatic heterocycles. The number of hydrogen-bond acceptors (Lipinski definition) is 5. The Morgan fingerprint density at radius 3 is 2.14 bits per heavy atom.